The molecule has 1 aliphatic rings. The van der Waals surface area contributed by atoms with Gasteiger partial charge in [-0.3, -0.25) is 0 Å². The Morgan fingerprint density at radius 1 is 1.10 bits per heavy atom. The van der Waals surface area contributed by atoms with Crippen LogP contribution in [0.25, 0.3) is 0 Å². The molecule has 0 saturated carbocycles. The molecule has 110 valence electrons. The van der Waals surface area contributed by atoms with Crippen molar-refractivity contribution in [3.8, 4) is 5.75 Å². The Morgan fingerprint density at radius 3 is 2.52 bits per heavy atom. The third-order valence-electron chi connectivity index (χ3n) is 3.51. The molecule has 0 bridgehead atoms. The molecule has 2 aromatic carbocycles. The molecular formula is C17H17BrO3. The standard InChI is InChI=1S/C17H17BrO3/c1-17(20-9-10-21-17)15-11-14(18)7-8-16(15)19-12-13-5-3-2-4-6-13/h2-8,11H,9-10,12H2,1H3. The lowest BCUT2D eigenvalue weighted by atomic mass is 10.1. The van der Waals surface area contributed by atoms with E-state index < -0.39 is 5.79 Å². The second kappa shape index (κ2) is 6.18. The molecule has 4 heteroatoms. The molecule has 1 fully saturated rings. The minimum absolute atomic E-state index is 0.519. The molecule has 0 aromatic heterocycles. The fourth-order valence-electron chi connectivity index (χ4n) is 2.39. The molecule has 3 rings (SSSR count). The van der Waals surface area contributed by atoms with Crippen molar-refractivity contribution in [3.63, 3.8) is 0 Å². The van der Waals surface area contributed by atoms with Gasteiger partial charge in [0.25, 0.3) is 0 Å². The van der Waals surface area contributed by atoms with Crippen LogP contribution < -0.4 is 4.74 Å². The van der Waals surface area contributed by atoms with Gasteiger partial charge in [-0.25, -0.2) is 0 Å². The largest absolute Gasteiger partial charge is 0.488 e. The molecular weight excluding hydrogens is 332 g/mol. The van der Waals surface area contributed by atoms with Crippen molar-refractivity contribution < 1.29 is 14.2 Å². The summed E-state index contributed by atoms with van der Waals surface area (Å²) in [5, 5.41) is 0. The van der Waals surface area contributed by atoms with Crippen LogP contribution in [-0.2, 0) is 21.9 Å². The molecule has 2 aromatic rings. The molecule has 0 aliphatic carbocycles. The fraction of sp³-hybridized carbons (Fsp3) is 0.294. The van der Waals surface area contributed by atoms with E-state index in [1.54, 1.807) is 0 Å². The first-order valence-electron chi connectivity index (χ1n) is 6.92. The summed E-state index contributed by atoms with van der Waals surface area (Å²) in [7, 11) is 0. The Balaban J connectivity index is 1.84. The van der Waals surface area contributed by atoms with Crippen molar-refractivity contribution in [2.45, 2.75) is 19.3 Å². The first kappa shape index (κ1) is 14.6. The van der Waals surface area contributed by atoms with E-state index in [1.165, 1.54) is 0 Å². The zero-order valence-electron chi connectivity index (χ0n) is 11.8. The first-order valence-corrected chi connectivity index (χ1v) is 7.71. The van der Waals surface area contributed by atoms with Gasteiger partial charge in [0.15, 0.2) is 5.79 Å². The normalized spacial score (nSPS) is 16.9. The van der Waals surface area contributed by atoms with Gasteiger partial charge >= 0.3 is 0 Å². The van der Waals surface area contributed by atoms with Gasteiger partial charge in [-0.15, -0.1) is 0 Å². The van der Waals surface area contributed by atoms with Crippen molar-refractivity contribution in [2.75, 3.05) is 13.2 Å². The molecule has 0 radical (unpaired) electrons. The van der Waals surface area contributed by atoms with Crippen molar-refractivity contribution in [3.05, 3.63) is 64.1 Å². The Kier molecular flexibility index (Phi) is 4.29. The second-order valence-electron chi connectivity index (χ2n) is 5.06. The maximum atomic E-state index is 5.97. The topological polar surface area (TPSA) is 27.7 Å². The maximum absolute atomic E-state index is 5.97. The summed E-state index contributed by atoms with van der Waals surface area (Å²) in [5.74, 6) is 0.0435. The van der Waals surface area contributed by atoms with E-state index in [0.29, 0.717) is 19.8 Å². The first-order chi connectivity index (χ1) is 10.2. The molecule has 3 nitrogen and oxygen atoms in total. The second-order valence-corrected chi connectivity index (χ2v) is 5.97. The van der Waals surface area contributed by atoms with Gasteiger partial charge in [-0.05, 0) is 30.7 Å². The van der Waals surface area contributed by atoms with Crippen molar-refractivity contribution >= 4 is 15.9 Å². The minimum Gasteiger partial charge on any atom is -0.488 e. The van der Waals surface area contributed by atoms with E-state index in [-0.39, 0.29) is 0 Å². The van der Waals surface area contributed by atoms with Gasteiger partial charge in [-0.2, -0.15) is 0 Å². The monoisotopic (exact) mass is 348 g/mol. The molecule has 1 saturated heterocycles. The molecule has 1 heterocycles. The number of hydrogen-bond acceptors (Lipinski definition) is 3. The highest BCUT2D eigenvalue weighted by Gasteiger charge is 2.36. The molecule has 1 aliphatic heterocycles. The Morgan fingerprint density at radius 2 is 1.81 bits per heavy atom. The molecule has 0 unspecified atom stereocenters. The lowest BCUT2D eigenvalue weighted by Gasteiger charge is -2.25. The maximum Gasteiger partial charge on any atom is 0.195 e. The zero-order chi connectivity index (χ0) is 14.7. The highest BCUT2D eigenvalue weighted by atomic mass is 79.9. The average Bonchev–Trinajstić information content (AvgIpc) is 2.95. The molecule has 0 spiro atoms. The molecule has 0 atom stereocenters. The van der Waals surface area contributed by atoms with Crippen molar-refractivity contribution in [2.24, 2.45) is 0 Å². The summed E-state index contributed by atoms with van der Waals surface area (Å²) < 4.78 is 18.5. The van der Waals surface area contributed by atoms with E-state index in [2.05, 4.69) is 15.9 Å². The Bertz CT molecular complexity index is 607. The van der Waals surface area contributed by atoms with Crippen LogP contribution in [-0.4, -0.2) is 13.2 Å². The summed E-state index contributed by atoms with van der Waals surface area (Å²) in [5.41, 5.74) is 2.04. The predicted molar refractivity (Wildman–Crippen MR) is 84.2 cm³/mol. The van der Waals surface area contributed by atoms with Crippen LogP contribution in [0.2, 0.25) is 0 Å². The van der Waals surface area contributed by atoms with Gasteiger partial charge in [-0.1, -0.05) is 46.3 Å². The summed E-state index contributed by atoms with van der Waals surface area (Å²) in [6.45, 7) is 3.64. The fourth-order valence-corrected chi connectivity index (χ4v) is 2.75. The van der Waals surface area contributed by atoms with Crippen LogP contribution in [0, 0.1) is 0 Å². The van der Waals surface area contributed by atoms with E-state index in [1.807, 2.05) is 55.5 Å². The lowest BCUT2D eigenvalue weighted by molar-refractivity contribution is -0.151. The van der Waals surface area contributed by atoms with Gasteiger partial charge in [0, 0.05) is 4.47 Å². The van der Waals surface area contributed by atoms with E-state index in [4.69, 9.17) is 14.2 Å². The van der Waals surface area contributed by atoms with Crippen molar-refractivity contribution in [1.82, 2.24) is 0 Å². The summed E-state index contributed by atoms with van der Waals surface area (Å²) >= 11 is 3.50. The zero-order valence-corrected chi connectivity index (χ0v) is 13.4. The third kappa shape index (κ3) is 3.28. The summed E-state index contributed by atoms with van der Waals surface area (Å²) in [6.07, 6.45) is 0. The van der Waals surface area contributed by atoms with Crippen LogP contribution in [0.1, 0.15) is 18.1 Å². The highest BCUT2D eigenvalue weighted by molar-refractivity contribution is 9.10. The minimum atomic E-state index is -0.740. The third-order valence-corrected chi connectivity index (χ3v) is 4.00. The van der Waals surface area contributed by atoms with Crippen LogP contribution in [0.15, 0.2) is 53.0 Å². The molecule has 21 heavy (non-hydrogen) atoms. The summed E-state index contributed by atoms with van der Waals surface area (Å²) in [4.78, 5) is 0. The Labute approximate surface area is 133 Å². The van der Waals surface area contributed by atoms with E-state index >= 15 is 0 Å². The number of ether oxygens (including phenoxy) is 3. The van der Waals surface area contributed by atoms with E-state index in [0.717, 1.165) is 21.3 Å². The van der Waals surface area contributed by atoms with Gasteiger partial charge < -0.3 is 14.2 Å². The average molecular weight is 349 g/mol. The predicted octanol–water partition coefficient (Wildman–Crippen LogP) is 4.25. The van der Waals surface area contributed by atoms with Crippen molar-refractivity contribution in [1.29, 1.82) is 0 Å². The van der Waals surface area contributed by atoms with Gasteiger partial charge in [0.1, 0.15) is 12.4 Å². The number of halogens is 1. The van der Waals surface area contributed by atoms with Crippen LogP contribution in [0.3, 0.4) is 0 Å². The highest BCUT2D eigenvalue weighted by Crippen LogP contribution is 2.38. The lowest BCUT2D eigenvalue weighted by Crippen LogP contribution is -2.23. The summed E-state index contributed by atoms with van der Waals surface area (Å²) in [6, 6.07) is 16.0. The number of rotatable bonds is 4. The SMILES string of the molecule is CC1(c2cc(Br)ccc2OCc2ccccc2)OCCO1. The Hall–Kier alpha value is -1.36. The van der Waals surface area contributed by atoms with Crippen LogP contribution >= 0.6 is 15.9 Å². The quantitative estimate of drug-likeness (QED) is 0.826. The smallest absolute Gasteiger partial charge is 0.195 e. The number of hydrogen-bond donors (Lipinski definition) is 0. The number of benzene rings is 2. The van der Waals surface area contributed by atoms with Crippen LogP contribution in [0.5, 0.6) is 5.75 Å². The molecule has 0 amide bonds. The molecule has 0 N–H and O–H groups in total. The van der Waals surface area contributed by atoms with Gasteiger partial charge in [0.05, 0.1) is 18.8 Å². The van der Waals surface area contributed by atoms with E-state index in [9.17, 15) is 0 Å². The van der Waals surface area contributed by atoms with Gasteiger partial charge in [0.2, 0.25) is 0 Å². The van der Waals surface area contributed by atoms with Crippen LogP contribution in [0.4, 0.5) is 0 Å².